The molecule has 0 bridgehead atoms. The van der Waals surface area contributed by atoms with Gasteiger partial charge in [-0.25, -0.2) is 0 Å². The Morgan fingerprint density at radius 3 is 2.67 bits per heavy atom. The quantitative estimate of drug-likeness (QED) is 0.858. The van der Waals surface area contributed by atoms with E-state index in [0.29, 0.717) is 23.1 Å². The summed E-state index contributed by atoms with van der Waals surface area (Å²) in [6, 6.07) is 4.29. The van der Waals surface area contributed by atoms with Crippen LogP contribution in [0.5, 0.6) is 11.5 Å². The van der Waals surface area contributed by atoms with Crippen LogP contribution in [0.4, 0.5) is 0 Å². The average Bonchev–Trinajstić information content (AvgIpc) is 2.91. The summed E-state index contributed by atoms with van der Waals surface area (Å²) in [6.07, 6.45) is 3.30. The van der Waals surface area contributed by atoms with Crippen LogP contribution in [0.1, 0.15) is 48.5 Å². The number of ketones is 1. The Bertz CT molecular complexity index is 644. The summed E-state index contributed by atoms with van der Waals surface area (Å²) in [5.74, 6) is 1.08. The normalized spacial score (nSPS) is 30.0. The number of rotatable bonds is 4. The minimum absolute atomic E-state index is 0.0258. The highest BCUT2D eigenvalue weighted by Crippen LogP contribution is 2.50. The van der Waals surface area contributed by atoms with Gasteiger partial charge in [-0.3, -0.25) is 4.79 Å². The highest BCUT2D eigenvalue weighted by atomic mass is 16.5. The summed E-state index contributed by atoms with van der Waals surface area (Å²) in [5, 5.41) is 10.1. The van der Waals surface area contributed by atoms with Crippen LogP contribution in [-0.2, 0) is 5.41 Å². The first-order chi connectivity index (χ1) is 11.4. The van der Waals surface area contributed by atoms with Gasteiger partial charge in [0.25, 0.3) is 0 Å². The van der Waals surface area contributed by atoms with Crippen molar-refractivity contribution in [3.05, 3.63) is 23.3 Å². The van der Waals surface area contributed by atoms with Crippen molar-refractivity contribution in [2.45, 2.75) is 50.2 Å². The Morgan fingerprint density at radius 1 is 1.29 bits per heavy atom. The van der Waals surface area contributed by atoms with Crippen LogP contribution >= 0.6 is 0 Å². The molecule has 1 aromatic rings. The maximum absolute atomic E-state index is 12.1. The van der Waals surface area contributed by atoms with E-state index in [0.717, 1.165) is 37.8 Å². The molecule has 2 fully saturated rings. The molecule has 1 aliphatic heterocycles. The first-order valence-corrected chi connectivity index (χ1v) is 8.58. The summed E-state index contributed by atoms with van der Waals surface area (Å²) in [6.45, 7) is 2.56. The van der Waals surface area contributed by atoms with Crippen LogP contribution in [0, 0.1) is 0 Å². The number of fused-ring (bicyclic) bond motifs is 1. The molecule has 1 aliphatic carbocycles. The molecule has 1 saturated carbocycles. The van der Waals surface area contributed by atoms with Crippen molar-refractivity contribution in [2.75, 3.05) is 27.8 Å². The molecule has 0 aromatic heterocycles. The van der Waals surface area contributed by atoms with E-state index in [2.05, 4.69) is 11.9 Å². The van der Waals surface area contributed by atoms with E-state index < -0.39 is 0 Å². The zero-order valence-electron chi connectivity index (χ0n) is 15.0. The van der Waals surface area contributed by atoms with Gasteiger partial charge in [-0.05, 0) is 63.9 Å². The number of carbonyl (C=O) groups is 1. The van der Waals surface area contributed by atoms with Gasteiger partial charge in [0.05, 0.1) is 25.9 Å². The van der Waals surface area contributed by atoms with Gasteiger partial charge in [0.15, 0.2) is 17.3 Å². The third-order valence-corrected chi connectivity index (χ3v) is 5.93. The van der Waals surface area contributed by atoms with Crippen LogP contribution in [0.15, 0.2) is 12.1 Å². The minimum Gasteiger partial charge on any atom is -0.493 e. The molecule has 0 amide bonds. The number of aliphatic hydroxyl groups is 1. The standard InChI is InChI=1S/C19H27NO4/c1-12(21)15-9-13(10-16(23-3)18(15)24-4)19-6-5-14(22)11-17(19)20(2)8-7-19/h9-10,14,17,22H,5-8,11H2,1-4H3/t14-,17-,19-/m0/s1. The molecular formula is C19H27NO4. The second-order valence-electron chi connectivity index (χ2n) is 7.15. The zero-order valence-corrected chi connectivity index (χ0v) is 15.0. The molecule has 0 spiro atoms. The zero-order chi connectivity index (χ0) is 17.5. The summed E-state index contributed by atoms with van der Waals surface area (Å²) in [7, 11) is 5.29. The molecule has 3 rings (SSSR count). The smallest absolute Gasteiger partial charge is 0.171 e. The van der Waals surface area contributed by atoms with Crippen LogP contribution in [0.3, 0.4) is 0 Å². The Hall–Kier alpha value is -1.59. The summed E-state index contributed by atoms with van der Waals surface area (Å²) in [5.41, 5.74) is 1.67. The van der Waals surface area contributed by atoms with Gasteiger partial charge >= 0.3 is 0 Å². The van der Waals surface area contributed by atoms with Crippen LogP contribution in [0.25, 0.3) is 0 Å². The molecule has 132 valence electrons. The number of hydrogen-bond acceptors (Lipinski definition) is 5. The molecule has 3 atom stereocenters. The molecule has 0 radical (unpaired) electrons. The number of ether oxygens (including phenoxy) is 2. The topological polar surface area (TPSA) is 59.0 Å². The molecular weight excluding hydrogens is 306 g/mol. The molecule has 1 aromatic carbocycles. The SMILES string of the molecule is COc1cc([C@@]23CC[C@H](O)C[C@@H]2N(C)CC3)cc(C(C)=O)c1OC. The van der Waals surface area contributed by atoms with E-state index in [9.17, 15) is 9.90 Å². The first kappa shape index (κ1) is 17.2. The fourth-order valence-electron chi connectivity index (χ4n) is 4.61. The first-order valence-electron chi connectivity index (χ1n) is 8.58. The second kappa shape index (κ2) is 6.37. The van der Waals surface area contributed by atoms with Crippen LogP contribution in [-0.4, -0.2) is 55.7 Å². The monoisotopic (exact) mass is 333 g/mol. The number of likely N-dealkylation sites (tertiary alicyclic amines) is 1. The number of aliphatic hydroxyl groups excluding tert-OH is 1. The maximum Gasteiger partial charge on any atom is 0.171 e. The highest BCUT2D eigenvalue weighted by molar-refractivity contribution is 5.98. The lowest BCUT2D eigenvalue weighted by atomic mass is 9.65. The van der Waals surface area contributed by atoms with E-state index in [1.54, 1.807) is 21.1 Å². The molecule has 1 N–H and O–H groups in total. The number of carbonyl (C=O) groups excluding carboxylic acids is 1. The van der Waals surface area contributed by atoms with E-state index in [1.807, 2.05) is 12.1 Å². The van der Waals surface area contributed by atoms with Crippen molar-refractivity contribution in [1.82, 2.24) is 4.90 Å². The molecule has 0 unspecified atom stereocenters. The Labute approximate surface area is 143 Å². The van der Waals surface area contributed by atoms with Crippen LogP contribution in [0.2, 0.25) is 0 Å². The number of likely N-dealkylation sites (N-methyl/N-ethyl adjacent to an activating group) is 1. The van der Waals surface area contributed by atoms with Gasteiger partial charge in [-0.1, -0.05) is 0 Å². The van der Waals surface area contributed by atoms with Crippen molar-refractivity contribution in [3.63, 3.8) is 0 Å². The highest BCUT2D eigenvalue weighted by Gasteiger charge is 2.50. The average molecular weight is 333 g/mol. The fourth-order valence-corrected chi connectivity index (χ4v) is 4.61. The Morgan fingerprint density at radius 2 is 2.04 bits per heavy atom. The Kier molecular flexibility index (Phi) is 4.58. The lowest BCUT2D eigenvalue weighted by molar-refractivity contribution is 0.0566. The third-order valence-electron chi connectivity index (χ3n) is 5.93. The van der Waals surface area contributed by atoms with Gasteiger partial charge in [-0.15, -0.1) is 0 Å². The van der Waals surface area contributed by atoms with Gasteiger partial charge < -0.3 is 19.5 Å². The molecule has 2 aliphatic rings. The summed E-state index contributed by atoms with van der Waals surface area (Å²) < 4.78 is 10.9. The largest absolute Gasteiger partial charge is 0.493 e. The van der Waals surface area contributed by atoms with Crippen molar-refractivity contribution in [1.29, 1.82) is 0 Å². The Balaban J connectivity index is 2.14. The number of Topliss-reactive ketones (excluding diaryl/α,β-unsaturated/α-hetero) is 1. The van der Waals surface area contributed by atoms with Crippen molar-refractivity contribution in [3.8, 4) is 11.5 Å². The minimum atomic E-state index is -0.240. The van der Waals surface area contributed by atoms with E-state index in [4.69, 9.17) is 9.47 Å². The lowest BCUT2D eigenvalue weighted by Crippen LogP contribution is -2.47. The fraction of sp³-hybridized carbons (Fsp3) is 0.632. The van der Waals surface area contributed by atoms with Gasteiger partial charge in [-0.2, -0.15) is 0 Å². The van der Waals surface area contributed by atoms with Gasteiger partial charge in [0.2, 0.25) is 0 Å². The number of nitrogens with zero attached hydrogens (tertiary/aromatic N) is 1. The predicted molar refractivity (Wildman–Crippen MR) is 92.1 cm³/mol. The van der Waals surface area contributed by atoms with Crippen molar-refractivity contribution in [2.24, 2.45) is 0 Å². The number of benzene rings is 1. The summed E-state index contributed by atoms with van der Waals surface area (Å²) >= 11 is 0. The number of methoxy groups -OCH3 is 2. The second-order valence-corrected chi connectivity index (χ2v) is 7.15. The molecule has 5 heteroatoms. The number of hydrogen-bond donors (Lipinski definition) is 1. The van der Waals surface area contributed by atoms with Crippen LogP contribution < -0.4 is 9.47 Å². The molecule has 1 saturated heterocycles. The molecule has 24 heavy (non-hydrogen) atoms. The van der Waals surface area contributed by atoms with E-state index in [1.165, 1.54) is 0 Å². The van der Waals surface area contributed by atoms with Crippen molar-refractivity contribution < 1.29 is 19.4 Å². The predicted octanol–water partition coefficient (Wildman–Crippen LogP) is 2.39. The van der Waals surface area contributed by atoms with Gasteiger partial charge in [0.1, 0.15) is 0 Å². The summed E-state index contributed by atoms with van der Waals surface area (Å²) in [4.78, 5) is 14.5. The molecule has 1 heterocycles. The third kappa shape index (κ3) is 2.60. The van der Waals surface area contributed by atoms with Gasteiger partial charge in [0, 0.05) is 11.5 Å². The van der Waals surface area contributed by atoms with Crippen molar-refractivity contribution >= 4 is 5.78 Å². The molecule has 5 nitrogen and oxygen atoms in total. The van der Waals surface area contributed by atoms with E-state index in [-0.39, 0.29) is 17.3 Å². The lowest BCUT2D eigenvalue weighted by Gasteiger charge is -2.43. The maximum atomic E-state index is 12.1. The van der Waals surface area contributed by atoms with E-state index >= 15 is 0 Å².